The maximum atomic E-state index is 12.0. The van der Waals surface area contributed by atoms with E-state index in [0.717, 1.165) is 11.9 Å². The highest BCUT2D eigenvalue weighted by Gasteiger charge is 2.10. The Morgan fingerprint density at radius 3 is 2.35 bits per heavy atom. The Balaban J connectivity index is 2.18. The lowest BCUT2D eigenvalue weighted by atomic mass is 10.2. The Morgan fingerprint density at radius 2 is 1.80 bits per heavy atom. The quantitative estimate of drug-likeness (QED) is 0.938. The Morgan fingerprint density at radius 1 is 1.15 bits per heavy atom. The van der Waals surface area contributed by atoms with Crippen molar-refractivity contribution in [3.05, 3.63) is 53.9 Å². The van der Waals surface area contributed by atoms with Crippen LogP contribution in [0, 0.1) is 6.92 Å². The maximum absolute atomic E-state index is 12.0. The van der Waals surface area contributed by atoms with E-state index in [4.69, 9.17) is 0 Å². The predicted molar refractivity (Wildman–Crippen MR) is 76.5 cm³/mol. The molecule has 1 N–H and O–H groups in total. The SMILES string of the molecule is Cc1cc(NC(=O)c2ccc(S(C)(=O)=O)cc2)ccn1. The Bertz CT molecular complexity index is 737. The van der Waals surface area contributed by atoms with Crippen LogP contribution in [0.25, 0.3) is 0 Å². The second-order valence-corrected chi connectivity index (χ2v) is 6.45. The molecule has 0 aliphatic carbocycles. The molecule has 5 nitrogen and oxygen atoms in total. The number of nitrogens with one attached hydrogen (secondary N) is 1. The standard InChI is InChI=1S/C14H14N2O3S/c1-10-9-12(7-8-15-10)16-14(17)11-3-5-13(6-4-11)20(2,18)19/h3-9H,1-2H3,(H,15,16,17). The average Bonchev–Trinajstić information content (AvgIpc) is 2.38. The van der Waals surface area contributed by atoms with Crippen LogP contribution in [0.3, 0.4) is 0 Å². The van der Waals surface area contributed by atoms with Gasteiger partial charge in [0.2, 0.25) is 0 Å². The molecule has 0 aliphatic rings. The molecule has 2 rings (SSSR count). The second kappa shape index (κ2) is 5.42. The zero-order valence-electron chi connectivity index (χ0n) is 11.1. The van der Waals surface area contributed by atoms with Gasteiger partial charge in [0.15, 0.2) is 9.84 Å². The topological polar surface area (TPSA) is 76.1 Å². The predicted octanol–water partition coefficient (Wildman–Crippen LogP) is 2.05. The molecule has 1 heterocycles. The summed E-state index contributed by atoms with van der Waals surface area (Å²) in [5, 5.41) is 2.73. The fraction of sp³-hybridized carbons (Fsp3) is 0.143. The third-order valence-electron chi connectivity index (χ3n) is 2.70. The third-order valence-corrected chi connectivity index (χ3v) is 3.83. The summed E-state index contributed by atoms with van der Waals surface area (Å²) in [5.41, 5.74) is 1.84. The molecule has 0 spiro atoms. The van der Waals surface area contributed by atoms with Crippen molar-refractivity contribution in [2.75, 3.05) is 11.6 Å². The fourth-order valence-electron chi connectivity index (χ4n) is 1.68. The van der Waals surface area contributed by atoms with E-state index in [9.17, 15) is 13.2 Å². The molecule has 20 heavy (non-hydrogen) atoms. The minimum atomic E-state index is -3.25. The average molecular weight is 290 g/mol. The summed E-state index contributed by atoms with van der Waals surface area (Å²) in [4.78, 5) is 16.2. The minimum absolute atomic E-state index is 0.189. The van der Waals surface area contributed by atoms with Crippen molar-refractivity contribution in [3.63, 3.8) is 0 Å². The lowest BCUT2D eigenvalue weighted by Crippen LogP contribution is -2.12. The molecular formula is C14H14N2O3S. The maximum Gasteiger partial charge on any atom is 0.255 e. The number of hydrogen-bond donors (Lipinski definition) is 1. The van der Waals surface area contributed by atoms with Gasteiger partial charge in [0.05, 0.1) is 4.90 Å². The molecule has 0 bridgehead atoms. The summed E-state index contributed by atoms with van der Waals surface area (Å²) < 4.78 is 22.7. The zero-order valence-corrected chi connectivity index (χ0v) is 11.9. The van der Waals surface area contributed by atoms with Crippen molar-refractivity contribution < 1.29 is 13.2 Å². The van der Waals surface area contributed by atoms with Crippen LogP contribution in [0.2, 0.25) is 0 Å². The summed E-state index contributed by atoms with van der Waals surface area (Å²) in [6, 6.07) is 9.25. The van der Waals surface area contributed by atoms with Crippen molar-refractivity contribution in [3.8, 4) is 0 Å². The number of pyridine rings is 1. The molecule has 0 saturated carbocycles. The van der Waals surface area contributed by atoms with Crippen LogP contribution in [-0.4, -0.2) is 25.6 Å². The van der Waals surface area contributed by atoms with Crippen LogP contribution in [-0.2, 0) is 9.84 Å². The summed E-state index contributed by atoms with van der Waals surface area (Å²) in [5.74, 6) is -0.296. The zero-order chi connectivity index (χ0) is 14.8. The molecule has 0 saturated heterocycles. The molecule has 6 heteroatoms. The molecule has 1 amide bonds. The van der Waals surface area contributed by atoms with Gasteiger partial charge in [-0.25, -0.2) is 8.42 Å². The highest BCUT2D eigenvalue weighted by atomic mass is 32.2. The van der Waals surface area contributed by atoms with Gasteiger partial charge in [-0.2, -0.15) is 0 Å². The number of aryl methyl sites for hydroxylation is 1. The van der Waals surface area contributed by atoms with E-state index in [-0.39, 0.29) is 10.8 Å². The first-order valence-electron chi connectivity index (χ1n) is 5.90. The Hall–Kier alpha value is -2.21. The van der Waals surface area contributed by atoms with Crippen LogP contribution >= 0.6 is 0 Å². The van der Waals surface area contributed by atoms with E-state index in [1.54, 1.807) is 18.3 Å². The van der Waals surface area contributed by atoms with E-state index in [1.165, 1.54) is 24.3 Å². The number of rotatable bonds is 3. The van der Waals surface area contributed by atoms with Crippen LogP contribution in [0.15, 0.2) is 47.5 Å². The number of benzene rings is 1. The highest BCUT2D eigenvalue weighted by Crippen LogP contribution is 2.13. The van der Waals surface area contributed by atoms with E-state index in [0.29, 0.717) is 11.3 Å². The molecule has 0 aliphatic heterocycles. The van der Waals surface area contributed by atoms with Crippen LogP contribution in [0.5, 0.6) is 0 Å². The lowest BCUT2D eigenvalue weighted by Gasteiger charge is -2.06. The number of sulfone groups is 1. The summed E-state index contributed by atoms with van der Waals surface area (Å²) in [6.45, 7) is 1.83. The van der Waals surface area contributed by atoms with Crippen molar-refractivity contribution in [2.24, 2.45) is 0 Å². The Labute approximate surface area is 117 Å². The monoisotopic (exact) mass is 290 g/mol. The first kappa shape index (κ1) is 14.2. The van der Waals surface area contributed by atoms with Gasteiger partial charge in [0, 0.05) is 29.4 Å². The number of hydrogen-bond acceptors (Lipinski definition) is 4. The van der Waals surface area contributed by atoms with Gasteiger partial charge >= 0.3 is 0 Å². The van der Waals surface area contributed by atoms with Gasteiger partial charge in [-0.3, -0.25) is 9.78 Å². The van der Waals surface area contributed by atoms with Crippen molar-refractivity contribution in [2.45, 2.75) is 11.8 Å². The van der Waals surface area contributed by atoms with Gasteiger partial charge in [-0.05, 0) is 43.3 Å². The normalized spacial score (nSPS) is 11.1. The first-order valence-corrected chi connectivity index (χ1v) is 7.79. The molecule has 1 aromatic heterocycles. The van der Waals surface area contributed by atoms with Gasteiger partial charge in [0.25, 0.3) is 5.91 Å². The van der Waals surface area contributed by atoms with E-state index in [1.807, 2.05) is 6.92 Å². The fourth-order valence-corrected chi connectivity index (χ4v) is 2.31. The molecule has 0 radical (unpaired) electrons. The number of amides is 1. The largest absolute Gasteiger partial charge is 0.322 e. The van der Waals surface area contributed by atoms with Crippen molar-refractivity contribution >= 4 is 21.4 Å². The summed E-state index contributed by atoms with van der Waals surface area (Å²) >= 11 is 0. The lowest BCUT2D eigenvalue weighted by molar-refractivity contribution is 0.102. The van der Waals surface area contributed by atoms with E-state index >= 15 is 0 Å². The smallest absolute Gasteiger partial charge is 0.255 e. The molecule has 0 fully saturated rings. The van der Waals surface area contributed by atoms with Crippen molar-refractivity contribution in [1.29, 1.82) is 0 Å². The molecule has 0 atom stereocenters. The number of carbonyl (C=O) groups excluding carboxylic acids is 1. The number of carbonyl (C=O) groups is 1. The van der Waals surface area contributed by atoms with Gasteiger partial charge in [-0.1, -0.05) is 0 Å². The van der Waals surface area contributed by atoms with E-state index < -0.39 is 9.84 Å². The molecule has 0 unspecified atom stereocenters. The third kappa shape index (κ3) is 3.42. The van der Waals surface area contributed by atoms with Gasteiger partial charge in [-0.15, -0.1) is 0 Å². The van der Waals surface area contributed by atoms with Crippen molar-refractivity contribution in [1.82, 2.24) is 4.98 Å². The first-order chi connectivity index (χ1) is 9.36. The number of anilines is 1. The number of aromatic nitrogens is 1. The Kier molecular flexibility index (Phi) is 3.85. The minimum Gasteiger partial charge on any atom is -0.322 e. The molecule has 104 valence electrons. The summed E-state index contributed by atoms with van der Waals surface area (Å²) in [7, 11) is -3.25. The van der Waals surface area contributed by atoms with Gasteiger partial charge in [0.1, 0.15) is 0 Å². The molecule has 2 aromatic rings. The second-order valence-electron chi connectivity index (χ2n) is 4.44. The molecular weight excluding hydrogens is 276 g/mol. The number of nitrogens with zero attached hydrogens (tertiary/aromatic N) is 1. The van der Waals surface area contributed by atoms with Crippen LogP contribution in [0.4, 0.5) is 5.69 Å². The van der Waals surface area contributed by atoms with Gasteiger partial charge < -0.3 is 5.32 Å². The van der Waals surface area contributed by atoms with Crippen LogP contribution < -0.4 is 5.32 Å². The van der Waals surface area contributed by atoms with E-state index in [2.05, 4.69) is 10.3 Å². The van der Waals surface area contributed by atoms with Crippen LogP contribution in [0.1, 0.15) is 16.1 Å². The molecule has 1 aromatic carbocycles. The summed E-state index contributed by atoms with van der Waals surface area (Å²) in [6.07, 6.45) is 2.74. The highest BCUT2D eigenvalue weighted by molar-refractivity contribution is 7.90.